The molecule has 0 bridgehead atoms. The van der Waals surface area contributed by atoms with Crippen molar-refractivity contribution < 1.29 is 19.7 Å². The van der Waals surface area contributed by atoms with Crippen molar-refractivity contribution in [1.82, 2.24) is 0 Å². The molecule has 0 amide bonds. The topological polar surface area (TPSA) is 66.8 Å². The molecule has 0 saturated heterocycles. The van der Waals surface area contributed by atoms with Gasteiger partial charge in [0.25, 0.3) is 0 Å². The van der Waals surface area contributed by atoms with Gasteiger partial charge in [0.2, 0.25) is 0 Å². The lowest BCUT2D eigenvalue weighted by atomic mass is 10.0. The number of hydrogen-bond acceptors (Lipinski definition) is 3. The first-order valence-corrected chi connectivity index (χ1v) is 8.61. The summed E-state index contributed by atoms with van der Waals surface area (Å²) in [7, 11) is 0. The molecule has 0 fully saturated rings. The lowest BCUT2D eigenvalue weighted by molar-refractivity contribution is -0.137. The van der Waals surface area contributed by atoms with Crippen LogP contribution in [-0.4, -0.2) is 35.5 Å². The second-order valence-corrected chi connectivity index (χ2v) is 5.87. The third-order valence-corrected chi connectivity index (χ3v) is 3.74. The molecule has 0 radical (unpaired) electrons. The van der Waals surface area contributed by atoms with E-state index in [1.165, 1.54) is 51.4 Å². The SMILES string of the molecule is CC(CCCCCCCCCCCCC(=O)O)OCCO. The molecule has 0 aromatic carbocycles. The lowest BCUT2D eigenvalue weighted by Gasteiger charge is -2.11. The Hall–Kier alpha value is -0.610. The molecule has 0 heterocycles. The van der Waals surface area contributed by atoms with Crippen molar-refractivity contribution in [2.45, 2.75) is 90.1 Å². The number of hydrogen-bond donors (Lipinski definition) is 2. The van der Waals surface area contributed by atoms with E-state index < -0.39 is 5.97 Å². The van der Waals surface area contributed by atoms with Crippen molar-refractivity contribution in [3.8, 4) is 0 Å². The van der Waals surface area contributed by atoms with Crippen LogP contribution in [0.4, 0.5) is 0 Å². The first-order valence-electron chi connectivity index (χ1n) is 8.61. The number of aliphatic hydroxyl groups excluding tert-OH is 1. The second-order valence-electron chi connectivity index (χ2n) is 5.87. The summed E-state index contributed by atoms with van der Waals surface area (Å²) in [5.74, 6) is -0.675. The second kappa shape index (κ2) is 15.8. The van der Waals surface area contributed by atoms with Crippen LogP contribution in [-0.2, 0) is 9.53 Å². The highest BCUT2D eigenvalue weighted by Crippen LogP contribution is 2.13. The number of aliphatic hydroxyl groups is 1. The predicted octanol–water partition coefficient (Wildman–Crippen LogP) is 4.15. The Morgan fingerprint density at radius 1 is 0.905 bits per heavy atom. The van der Waals surface area contributed by atoms with Crippen molar-refractivity contribution in [2.75, 3.05) is 13.2 Å². The Kier molecular flexibility index (Phi) is 15.3. The number of carboxylic acids is 1. The molecule has 0 aromatic heterocycles. The Morgan fingerprint density at radius 2 is 1.38 bits per heavy atom. The van der Waals surface area contributed by atoms with Gasteiger partial charge in [0, 0.05) is 6.42 Å². The van der Waals surface area contributed by atoms with Gasteiger partial charge in [-0.3, -0.25) is 4.79 Å². The Morgan fingerprint density at radius 3 is 1.86 bits per heavy atom. The first kappa shape index (κ1) is 20.4. The van der Waals surface area contributed by atoms with Crippen LogP contribution < -0.4 is 0 Å². The number of aliphatic carboxylic acids is 1. The molecule has 4 nitrogen and oxygen atoms in total. The largest absolute Gasteiger partial charge is 0.481 e. The summed E-state index contributed by atoms with van der Waals surface area (Å²) >= 11 is 0. The van der Waals surface area contributed by atoms with E-state index >= 15 is 0 Å². The summed E-state index contributed by atoms with van der Waals surface area (Å²) < 4.78 is 5.41. The van der Waals surface area contributed by atoms with Gasteiger partial charge in [0.15, 0.2) is 0 Å². The summed E-state index contributed by atoms with van der Waals surface area (Å²) in [6.45, 7) is 2.63. The summed E-state index contributed by atoms with van der Waals surface area (Å²) in [6, 6.07) is 0. The maximum atomic E-state index is 10.3. The van der Waals surface area contributed by atoms with Gasteiger partial charge in [-0.1, -0.05) is 57.8 Å². The maximum Gasteiger partial charge on any atom is 0.303 e. The van der Waals surface area contributed by atoms with Crippen molar-refractivity contribution in [1.29, 1.82) is 0 Å². The van der Waals surface area contributed by atoms with E-state index in [1.54, 1.807) is 0 Å². The van der Waals surface area contributed by atoms with Crippen LogP contribution in [0.5, 0.6) is 0 Å². The zero-order valence-electron chi connectivity index (χ0n) is 13.7. The molecule has 1 atom stereocenters. The molecule has 0 aromatic rings. The van der Waals surface area contributed by atoms with Gasteiger partial charge in [-0.15, -0.1) is 0 Å². The molecule has 4 heteroatoms. The lowest BCUT2D eigenvalue weighted by Crippen LogP contribution is -2.11. The fourth-order valence-corrected chi connectivity index (χ4v) is 2.46. The highest BCUT2D eigenvalue weighted by molar-refractivity contribution is 5.66. The highest BCUT2D eigenvalue weighted by atomic mass is 16.5. The van der Waals surface area contributed by atoms with Crippen molar-refractivity contribution in [3.63, 3.8) is 0 Å². The summed E-state index contributed by atoms with van der Waals surface area (Å²) in [5.41, 5.74) is 0. The highest BCUT2D eigenvalue weighted by Gasteiger charge is 2.01. The van der Waals surface area contributed by atoms with E-state index in [2.05, 4.69) is 6.92 Å². The van der Waals surface area contributed by atoms with Crippen molar-refractivity contribution in [2.24, 2.45) is 0 Å². The number of carboxylic acid groups (broad SMARTS) is 1. The molecule has 21 heavy (non-hydrogen) atoms. The fraction of sp³-hybridized carbons (Fsp3) is 0.941. The maximum absolute atomic E-state index is 10.3. The first-order chi connectivity index (χ1) is 10.2. The molecule has 2 N–H and O–H groups in total. The Balaban J connectivity index is 3.07. The molecule has 0 spiro atoms. The molecule has 0 aliphatic carbocycles. The molecule has 0 rings (SSSR count). The Labute approximate surface area is 129 Å². The molecule has 126 valence electrons. The monoisotopic (exact) mass is 302 g/mol. The fourth-order valence-electron chi connectivity index (χ4n) is 2.46. The third-order valence-electron chi connectivity index (χ3n) is 3.74. The zero-order valence-corrected chi connectivity index (χ0v) is 13.7. The van der Waals surface area contributed by atoms with E-state index in [0.717, 1.165) is 19.3 Å². The normalized spacial score (nSPS) is 12.5. The van der Waals surface area contributed by atoms with Crippen LogP contribution >= 0.6 is 0 Å². The van der Waals surface area contributed by atoms with Crippen LogP contribution in [0.1, 0.15) is 84.0 Å². The molecule has 0 saturated carbocycles. The van der Waals surface area contributed by atoms with E-state index in [-0.39, 0.29) is 12.7 Å². The number of unbranched alkanes of at least 4 members (excludes halogenated alkanes) is 9. The minimum Gasteiger partial charge on any atom is -0.481 e. The van der Waals surface area contributed by atoms with Gasteiger partial charge in [-0.05, 0) is 19.8 Å². The summed E-state index contributed by atoms with van der Waals surface area (Å²) in [6.07, 6.45) is 13.6. The minimum absolute atomic E-state index is 0.112. The van der Waals surface area contributed by atoms with Gasteiger partial charge < -0.3 is 14.9 Å². The zero-order chi connectivity index (χ0) is 15.8. The van der Waals surface area contributed by atoms with Crippen LogP contribution in [0.15, 0.2) is 0 Å². The molecule has 0 aliphatic heterocycles. The standard InChI is InChI=1S/C17H34O4/c1-16(21-15-14-18)12-10-8-6-4-2-3-5-7-9-11-13-17(19)20/h16,18H,2-15H2,1H3,(H,19,20). The van der Waals surface area contributed by atoms with E-state index in [1.807, 2.05) is 0 Å². The number of rotatable bonds is 16. The van der Waals surface area contributed by atoms with Crippen molar-refractivity contribution in [3.05, 3.63) is 0 Å². The van der Waals surface area contributed by atoms with Crippen LogP contribution in [0.3, 0.4) is 0 Å². The molecular weight excluding hydrogens is 268 g/mol. The van der Waals surface area contributed by atoms with E-state index in [4.69, 9.17) is 14.9 Å². The molecule has 1 unspecified atom stereocenters. The average molecular weight is 302 g/mol. The van der Waals surface area contributed by atoms with Crippen LogP contribution in [0, 0.1) is 0 Å². The van der Waals surface area contributed by atoms with E-state index in [0.29, 0.717) is 13.0 Å². The van der Waals surface area contributed by atoms with Crippen molar-refractivity contribution >= 4 is 5.97 Å². The van der Waals surface area contributed by atoms with Gasteiger partial charge in [-0.2, -0.15) is 0 Å². The smallest absolute Gasteiger partial charge is 0.303 e. The van der Waals surface area contributed by atoms with Gasteiger partial charge in [0.1, 0.15) is 0 Å². The quantitative estimate of drug-likeness (QED) is 0.420. The van der Waals surface area contributed by atoms with Gasteiger partial charge in [-0.25, -0.2) is 0 Å². The Bertz CT molecular complexity index is 231. The van der Waals surface area contributed by atoms with Crippen LogP contribution in [0.2, 0.25) is 0 Å². The van der Waals surface area contributed by atoms with Gasteiger partial charge in [0.05, 0.1) is 19.3 Å². The third kappa shape index (κ3) is 17.3. The number of carbonyl (C=O) groups is 1. The predicted molar refractivity (Wildman–Crippen MR) is 85.5 cm³/mol. The van der Waals surface area contributed by atoms with E-state index in [9.17, 15) is 4.79 Å². The molecular formula is C17H34O4. The summed E-state index contributed by atoms with van der Waals surface area (Å²) in [4.78, 5) is 10.3. The van der Waals surface area contributed by atoms with Crippen LogP contribution in [0.25, 0.3) is 0 Å². The van der Waals surface area contributed by atoms with Gasteiger partial charge >= 0.3 is 5.97 Å². The summed E-state index contributed by atoms with van der Waals surface area (Å²) in [5, 5.41) is 17.2. The molecule has 0 aliphatic rings. The average Bonchev–Trinajstić information content (AvgIpc) is 2.45. The number of ether oxygens (including phenoxy) is 1. The minimum atomic E-state index is -0.675.